The number of anilines is 3. The van der Waals surface area contributed by atoms with Crippen LogP contribution in [-0.4, -0.2) is 29.1 Å². The van der Waals surface area contributed by atoms with Crippen molar-refractivity contribution in [2.24, 2.45) is 0 Å². The van der Waals surface area contributed by atoms with Gasteiger partial charge in [-0.2, -0.15) is 4.98 Å². The van der Waals surface area contributed by atoms with Crippen molar-refractivity contribution in [1.29, 1.82) is 0 Å². The Labute approximate surface area is 148 Å². The van der Waals surface area contributed by atoms with Gasteiger partial charge in [-0.1, -0.05) is 25.7 Å². The third-order valence-corrected chi connectivity index (χ3v) is 4.42. The summed E-state index contributed by atoms with van der Waals surface area (Å²) in [4.78, 5) is 20.3. The summed E-state index contributed by atoms with van der Waals surface area (Å²) in [7, 11) is 1.37. The Bertz CT molecular complexity index is 695. The van der Waals surface area contributed by atoms with Gasteiger partial charge in [-0.15, -0.1) is 0 Å². The Kier molecular flexibility index (Phi) is 5.82. The van der Waals surface area contributed by atoms with Crippen LogP contribution in [0.2, 0.25) is 0 Å². The highest BCUT2D eigenvalue weighted by molar-refractivity contribution is 5.89. The number of aromatic nitrogens is 2. The summed E-state index contributed by atoms with van der Waals surface area (Å²) in [6.45, 7) is 0. The van der Waals surface area contributed by atoms with Crippen LogP contribution in [0, 0.1) is 0 Å². The van der Waals surface area contributed by atoms with E-state index in [1.165, 1.54) is 45.6 Å². The van der Waals surface area contributed by atoms with Gasteiger partial charge in [0, 0.05) is 17.9 Å². The van der Waals surface area contributed by atoms with Gasteiger partial charge >= 0.3 is 5.97 Å². The summed E-state index contributed by atoms with van der Waals surface area (Å²) < 4.78 is 4.70. The van der Waals surface area contributed by atoms with Gasteiger partial charge in [0.2, 0.25) is 5.95 Å². The molecule has 0 aliphatic heterocycles. The fourth-order valence-electron chi connectivity index (χ4n) is 3.07. The van der Waals surface area contributed by atoms with E-state index >= 15 is 0 Å². The summed E-state index contributed by atoms with van der Waals surface area (Å²) in [6, 6.07) is 9.42. The maximum atomic E-state index is 11.5. The molecule has 0 saturated heterocycles. The first-order valence-electron chi connectivity index (χ1n) is 8.79. The monoisotopic (exact) mass is 340 g/mol. The van der Waals surface area contributed by atoms with Crippen molar-refractivity contribution in [3.63, 3.8) is 0 Å². The molecule has 0 atom stereocenters. The van der Waals surface area contributed by atoms with Gasteiger partial charge in [0.15, 0.2) is 0 Å². The van der Waals surface area contributed by atoms with Crippen molar-refractivity contribution in [1.82, 2.24) is 9.97 Å². The minimum atomic E-state index is -0.350. The van der Waals surface area contributed by atoms with E-state index in [9.17, 15) is 4.79 Å². The second-order valence-corrected chi connectivity index (χ2v) is 6.29. The Morgan fingerprint density at radius 2 is 1.80 bits per heavy atom. The van der Waals surface area contributed by atoms with Crippen molar-refractivity contribution in [2.45, 2.75) is 44.6 Å². The predicted octanol–water partition coefficient (Wildman–Crippen LogP) is 4.14. The number of hydrogen-bond donors (Lipinski definition) is 2. The first-order valence-corrected chi connectivity index (χ1v) is 8.79. The molecule has 2 N–H and O–H groups in total. The van der Waals surface area contributed by atoms with Crippen LogP contribution in [0.1, 0.15) is 48.9 Å². The van der Waals surface area contributed by atoms with E-state index in [-0.39, 0.29) is 5.97 Å². The Morgan fingerprint density at radius 1 is 1.08 bits per heavy atom. The highest BCUT2D eigenvalue weighted by Crippen LogP contribution is 2.21. The number of rotatable bonds is 5. The number of nitrogens with zero attached hydrogens (tertiary/aromatic N) is 2. The van der Waals surface area contributed by atoms with Gasteiger partial charge in [-0.05, 0) is 43.2 Å². The standard InChI is InChI=1S/C19H24N4O2/c1-25-18(24)14-8-10-16(11-9-14)22-19-20-13-12-17(23-19)21-15-6-4-2-3-5-7-15/h8-13,15H,2-7H2,1H3,(H2,20,21,22,23). The number of nitrogens with one attached hydrogen (secondary N) is 2. The number of carbonyl (C=O) groups is 1. The first kappa shape index (κ1) is 17.2. The van der Waals surface area contributed by atoms with Gasteiger partial charge < -0.3 is 15.4 Å². The van der Waals surface area contributed by atoms with Crippen molar-refractivity contribution >= 4 is 23.4 Å². The lowest BCUT2D eigenvalue weighted by atomic mass is 10.1. The third kappa shape index (κ3) is 4.92. The molecule has 0 amide bonds. The molecule has 132 valence electrons. The maximum absolute atomic E-state index is 11.5. The molecule has 0 spiro atoms. The average Bonchev–Trinajstić information content (AvgIpc) is 2.91. The van der Waals surface area contributed by atoms with Crippen LogP contribution in [0.5, 0.6) is 0 Å². The molecule has 0 unspecified atom stereocenters. The molecule has 0 bridgehead atoms. The van der Waals surface area contributed by atoms with E-state index in [2.05, 4.69) is 20.6 Å². The van der Waals surface area contributed by atoms with Crippen LogP contribution in [0.25, 0.3) is 0 Å². The minimum Gasteiger partial charge on any atom is -0.465 e. The number of carbonyl (C=O) groups excluding carboxylic acids is 1. The van der Waals surface area contributed by atoms with Gasteiger partial charge in [0.25, 0.3) is 0 Å². The highest BCUT2D eigenvalue weighted by Gasteiger charge is 2.12. The zero-order valence-electron chi connectivity index (χ0n) is 14.5. The highest BCUT2D eigenvalue weighted by atomic mass is 16.5. The van der Waals surface area contributed by atoms with Crippen molar-refractivity contribution in [3.8, 4) is 0 Å². The predicted molar refractivity (Wildman–Crippen MR) is 98.2 cm³/mol. The van der Waals surface area contributed by atoms with Crippen LogP contribution in [-0.2, 0) is 4.74 Å². The fourth-order valence-corrected chi connectivity index (χ4v) is 3.07. The number of methoxy groups -OCH3 is 1. The molecule has 1 heterocycles. The normalized spacial score (nSPS) is 15.2. The number of esters is 1. The molecule has 6 heteroatoms. The zero-order valence-corrected chi connectivity index (χ0v) is 14.5. The summed E-state index contributed by atoms with van der Waals surface area (Å²) in [5, 5.41) is 6.69. The summed E-state index contributed by atoms with van der Waals surface area (Å²) >= 11 is 0. The van der Waals surface area contributed by atoms with Crippen molar-refractivity contribution in [3.05, 3.63) is 42.1 Å². The van der Waals surface area contributed by atoms with E-state index in [1.54, 1.807) is 30.5 Å². The fraction of sp³-hybridized carbons (Fsp3) is 0.421. The zero-order chi connectivity index (χ0) is 17.5. The van der Waals surface area contributed by atoms with Gasteiger partial charge in [-0.3, -0.25) is 0 Å². The Hall–Kier alpha value is -2.63. The molecule has 1 aliphatic rings. The summed E-state index contributed by atoms with van der Waals surface area (Å²) in [5.41, 5.74) is 1.33. The van der Waals surface area contributed by atoms with Crippen LogP contribution in [0.15, 0.2) is 36.5 Å². The molecule has 0 radical (unpaired) electrons. The van der Waals surface area contributed by atoms with E-state index in [1.807, 2.05) is 6.07 Å². The van der Waals surface area contributed by atoms with Gasteiger partial charge in [0.1, 0.15) is 5.82 Å². The van der Waals surface area contributed by atoms with Gasteiger partial charge in [-0.25, -0.2) is 9.78 Å². The Balaban J connectivity index is 1.63. The smallest absolute Gasteiger partial charge is 0.337 e. The molecular weight excluding hydrogens is 316 g/mol. The quantitative estimate of drug-likeness (QED) is 0.629. The molecule has 1 saturated carbocycles. The van der Waals surface area contributed by atoms with E-state index < -0.39 is 0 Å². The molecule has 1 fully saturated rings. The average molecular weight is 340 g/mol. The summed E-state index contributed by atoms with van der Waals surface area (Å²) in [6.07, 6.45) is 9.36. The minimum absolute atomic E-state index is 0.350. The third-order valence-electron chi connectivity index (χ3n) is 4.42. The number of ether oxygens (including phenoxy) is 1. The van der Waals surface area contributed by atoms with Crippen molar-refractivity contribution < 1.29 is 9.53 Å². The van der Waals surface area contributed by atoms with Crippen molar-refractivity contribution in [2.75, 3.05) is 17.7 Å². The second-order valence-electron chi connectivity index (χ2n) is 6.29. The summed E-state index contributed by atoms with van der Waals surface area (Å²) in [5.74, 6) is 1.03. The SMILES string of the molecule is COC(=O)c1ccc(Nc2nccc(NC3CCCCCC3)n2)cc1. The Morgan fingerprint density at radius 3 is 2.48 bits per heavy atom. The molecule has 6 nitrogen and oxygen atoms in total. The molecule has 25 heavy (non-hydrogen) atoms. The first-order chi connectivity index (χ1) is 12.2. The molecule has 3 rings (SSSR count). The lowest BCUT2D eigenvalue weighted by Gasteiger charge is -2.17. The van der Waals surface area contributed by atoms with E-state index in [0.29, 0.717) is 17.6 Å². The van der Waals surface area contributed by atoms with Crippen LogP contribution < -0.4 is 10.6 Å². The van der Waals surface area contributed by atoms with Gasteiger partial charge in [0.05, 0.1) is 12.7 Å². The van der Waals surface area contributed by atoms with E-state index in [4.69, 9.17) is 4.74 Å². The van der Waals surface area contributed by atoms with Crippen LogP contribution in [0.4, 0.5) is 17.5 Å². The number of hydrogen-bond acceptors (Lipinski definition) is 6. The largest absolute Gasteiger partial charge is 0.465 e. The molecule has 1 aromatic heterocycles. The van der Waals surface area contributed by atoms with Crippen LogP contribution >= 0.6 is 0 Å². The topological polar surface area (TPSA) is 76.1 Å². The lowest BCUT2D eigenvalue weighted by molar-refractivity contribution is 0.0601. The molecule has 1 aliphatic carbocycles. The van der Waals surface area contributed by atoms with Crippen LogP contribution in [0.3, 0.4) is 0 Å². The second kappa shape index (κ2) is 8.46. The lowest BCUT2D eigenvalue weighted by Crippen LogP contribution is -2.19. The molecular formula is C19H24N4O2. The maximum Gasteiger partial charge on any atom is 0.337 e. The number of benzene rings is 1. The molecule has 1 aromatic carbocycles. The molecule has 2 aromatic rings. The van der Waals surface area contributed by atoms with E-state index in [0.717, 1.165) is 11.5 Å².